The first-order valence-corrected chi connectivity index (χ1v) is 12.6. The summed E-state index contributed by atoms with van der Waals surface area (Å²) in [7, 11) is 1.38. The number of carbonyl (C=O) groups excluding carboxylic acids is 3. The molecule has 1 aromatic carbocycles. The van der Waals surface area contributed by atoms with Gasteiger partial charge in [0.15, 0.2) is 11.5 Å². The number of carbonyl (C=O) groups is 3. The Kier molecular flexibility index (Phi) is 9.25. The predicted molar refractivity (Wildman–Crippen MR) is 141 cm³/mol. The van der Waals surface area contributed by atoms with Gasteiger partial charge in [0.25, 0.3) is 5.56 Å². The largest absolute Gasteiger partial charge is 0.511 e. The average Bonchev–Trinajstić information content (AvgIpc) is 3.31. The zero-order valence-corrected chi connectivity index (χ0v) is 23.9. The van der Waals surface area contributed by atoms with Gasteiger partial charge in [-0.3, -0.25) is 19.0 Å². The van der Waals surface area contributed by atoms with Crippen LogP contribution in [-0.4, -0.2) is 50.0 Å². The van der Waals surface area contributed by atoms with Gasteiger partial charge in [0.2, 0.25) is 18.4 Å². The first-order valence-electron chi connectivity index (χ1n) is 12.6. The number of aromatic nitrogens is 4. The molecule has 13 nitrogen and oxygen atoms in total. The van der Waals surface area contributed by atoms with Crippen molar-refractivity contribution in [2.45, 2.75) is 65.5 Å². The zero-order chi connectivity index (χ0) is 30.5. The van der Waals surface area contributed by atoms with E-state index in [9.17, 15) is 23.6 Å². The Morgan fingerprint density at radius 2 is 1.73 bits per heavy atom. The summed E-state index contributed by atoms with van der Waals surface area (Å²) in [4.78, 5) is 55.8. The second-order valence-corrected chi connectivity index (χ2v) is 10.6. The summed E-state index contributed by atoms with van der Waals surface area (Å²) >= 11 is 0. The Bertz CT molecular complexity index is 1490. The van der Waals surface area contributed by atoms with Gasteiger partial charge in [0.1, 0.15) is 17.2 Å². The fourth-order valence-electron chi connectivity index (χ4n) is 3.68. The number of nitrogens with one attached hydrogen (secondary N) is 1. The van der Waals surface area contributed by atoms with Crippen LogP contribution in [0.25, 0.3) is 0 Å². The topological polar surface area (TPSA) is 165 Å². The van der Waals surface area contributed by atoms with Gasteiger partial charge in [-0.25, -0.2) is 14.2 Å². The number of benzene rings is 1. The van der Waals surface area contributed by atoms with Crippen molar-refractivity contribution >= 4 is 17.8 Å². The van der Waals surface area contributed by atoms with Crippen molar-refractivity contribution in [3.05, 3.63) is 69.3 Å². The summed E-state index contributed by atoms with van der Waals surface area (Å²) in [6.07, 6.45) is -0.929. The molecule has 0 fully saturated rings. The summed E-state index contributed by atoms with van der Waals surface area (Å²) in [5, 5.41) is 9.98. The van der Waals surface area contributed by atoms with Crippen LogP contribution in [0.2, 0.25) is 0 Å². The first-order chi connectivity index (χ1) is 19.1. The normalized spacial score (nSPS) is 11.6. The van der Waals surface area contributed by atoms with E-state index in [4.69, 9.17) is 18.6 Å². The number of ketones is 1. The highest BCUT2D eigenvalue weighted by atomic mass is 19.1. The molecule has 0 saturated heterocycles. The molecule has 1 N–H and O–H groups in total. The number of rotatable bonds is 10. The minimum absolute atomic E-state index is 0.0117. The summed E-state index contributed by atoms with van der Waals surface area (Å²) in [5.74, 6) is -2.27. The van der Waals surface area contributed by atoms with Crippen LogP contribution >= 0.6 is 0 Å². The van der Waals surface area contributed by atoms with Crippen LogP contribution in [0.5, 0.6) is 5.75 Å². The molecule has 220 valence electrons. The van der Waals surface area contributed by atoms with Crippen molar-refractivity contribution < 1.29 is 37.4 Å². The number of aryl methyl sites for hydroxylation is 2. The monoisotopic (exact) mass is 573 g/mol. The van der Waals surface area contributed by atoms with Crippen LogP contribution in [0.1, 0.15) is 79.5 Å². The minimum atomic E-state index is -1.31. The lowest BCUT2D eigenvalue weighted by Crippen LogP contribution is -2.46. The molecule has 3 rings (SSSR count). The smallest absolute Gasteiger partial charge is 0.449 e. The molecule has 14 heteroatoms. The van der Waals surface area contributed by atoms with Gasteiger partial charge in [-0.15, -0.1) is 10.2 Å². The highest BCUT2D eigenvalue weighted by molar-refractivity contribution is 5.97. The molecule has 0 aliphatic heterocycles. The molecule has 0 spiro atoms. The van der Waals surface area contributed by atoms with Gasteiger partial charge in [-0.05, 0) is 58.7 Å². The molecule has 0 bridgehead atoms. The summed E-state index contributed by atoms with van der Waals surface area (Å²) in [5.41, 5.74) is -2.57. The van der Waals surface area contributed by atoms with Crippen LogP contribution in [0, 0.1) is 12.7 Å². The molecule has 2 aromatic heterocycles. The standard InChI is InChI=1S/C27H32FN5O8/c1-15-31-32-22(40-15)21(35)30-27(5,6)24-29-19(18(34)13-10-16-8-11-17(28)12-9-16)20(23(36)33(24)7)38-14-39-25(37)41-26(2,3)4/h8-9,11-12H,10,13-14H2,1-7H3,(H,30,35). The highest BCUT2D eigenvalue weighted by Gasteiger charge is 2.33. The lowest BCUT2D eigenvalue weighted by molar-refractivity contribution is -0.0366. The van der Waals surface area contributed by atoms with E-state index in [0.717, 1.165) is 4.57 Å². The SMILES string of the molecule is Cc1nnc(C(=O)NC(C)(C)c2nc(C(=O)CCc3ccc(F)cc3)c(OCOC(=O)OC(C)(C)C)c(=O)n2C)o1. The summed E-state index contributed by atoms with van der Waals surface area (Å²) in [6, 6.07) is 5.62. The van der Waals surface area contributed by atoms with Crippen molar-refractivity contribution in [3.8, 4) is 5.75 Å². The van der Waals surface area contributed by atoms with Crippen molar-refractivity contribution in [2.75, 3.05) is 6.79 Å². The fourth-order valence-corrected chi connectivity index (χ4v) is 3.68. The number of hydrogen-bond acceptors (Lipinski definition) is 11. The van der Waals surface area contributed by atoms with Crippen LogP contribution < -0.4 is 15.6 Å². The number of hydrogen-bond donors (Lipinski definition) is 1. The molecule has 2 heterocycles. The molecule has 0 aliphatic rings. The van der Waals surface area contributed by atoms with Crippen LogP contribution in [-0.2, 0) is 28.5 Å². The Balaban J connectivity index is 1.93. The molecule has 1 amide bonds. The Morgan fingerprint density at radius 3 is 2.32 bits per heavy atom. The molecule has 0 aliphatic carbocycles. The van der Waals surface area contributed by atoms with Gasteiger partial charge in [-0.2, -0.15) is 0 Å². The second kappa shape index (κ2) is 12.3. The molecule has 0 saturated carbocycles. The van der Waals surface area contributed by atoms with Gasteiger partial charge < -0.3 is 23.9 Å². The van der Waals surface area contributed by atoms with E-state index in [2.05, 4.69) is 20.5 Å². The maximum atomic E-state index is 13.4. The van der Waals surface area contributed by atoms with Gasteiger partial charge in [0, 0.05) is 20.4 Å². The molecule has 3 aromatic rings. The maximum absolute atomic E-state index is 13.4. The molecular formula is C27H32FN5O8. The number of amides is 1. The Hall–Kier alpha value is -4.62. The molecule has 0 unspecified atom stereocenters. The van der Waals surface area contributed by atoms with Crippen LogP contribution in [0.3, 0.4) is 0 Å². The lowest BCUT2D eigenvalue weighted by atomic mass is 10.0. The molecule has 0 atom stereocenters. The van der Waals surface area contributed by atoms with Crippen molar-refractivity contribution in [2.24, 2.45) is 7.05 Å². The molecule has 41 heavy (non-hydrogen) atoms. The van der Waals surface area contributed by atoms with E-state index >= 15 is 0 Å². The number of nitrogens with zero attached hydrogens (tertiary/aromatic N) is 4. The quantitative estimate of drug-likeness (QED) is 0.215. The fraction of sp³-hybridized carbons (Fsp3) is 0.444. The average molecular weight is 574 g/mol. The maximum Gasteiger partial charge on any atom is 0.511 e. The van der Waals surface area contributed by atoms with Gasteiger partial charge >= 0.3 is 18.0 Å². The van der Waals surface area contributed by atoms with Crippen LogP contribution in [0.4, 0.5) is 9.18 Å². The van der Waals surface area contributed by atoms with Crippen molar-refractivity contribution in [1.82, 2.24) is 25.1 Å². The lowest BCUT2D eigenvalue weighted by Gasteiger charge is -2.27. The third-order valence-electron chi connectivity index (χ3n) is 5.54. The van der Waals surface area contributed by atoms with E-state index in [1.54, 1.807) is 34.6 Å². The Labute approximate surface area is 235 Å². The van der Waals surface area contributed by atoms with Crippen molar-refractivity contribution in [3.63, 3.8) is 0 Å². The van der Waals surface area contributed by atoms with E-state index in [0.29, 0.717) is 5.56 Å². The number of ether oxygens (including phenoxy) is 3. The third-order valence-corrected chi connectivity index (χ3v) is 5.54. The van der Waals surface area contributed by atoms with Gasteiger partial charge in [-0.1, -0.05) is 12.1 Å². The predicted octanol–water partition coefficient (Wildman–Crippen LogP) is 3.38. The highest BCUT2D eigenvalue weighted by Crippen LogP contribution is 2.23. The van der Waals surface area contributed by atoms with E-state index in [-0.39, 0.29) is 36.1 Å². The summed E-state index contributed by atoms with van der Waals surface area (Å²) < 4.78 is 34.9. The first kappa shape index (κ1) is 30.9. The minimum Gasteiger partial charge on any atom is -0.449 e. The molecular weight excluding hydrogens is 541 g/mol. The van der Waals surface area contributed by atoms with E-state index in [1.807, 2.05) is 0 Å². The zero-order valence-electron chi connectivity index (χ0n) is 23.9. The van der Waals surface area contributed by atoms with Crippen molar-refractivity contribution in [1.29, 1.82) is 0 Å². The van der Waals surface area contributed by atoms with Gasteiger partial charge in [0.05, 0.1) is 5.54 Å². The second-order valence-electron chi connectivity index (χ2n) is 10.6. The summed E-state index contributed by atoms with van der Waals surface area (Å²) in [6.45, 7) is 8.85. The van der Waals surface area contributed by atoms with Crippen LogP contribution in [0.15, 0.2) is 33.5 Å². The molecule has 0 radical (unpaired) electrons. The number of halogens is 1. The Morgan fingerprint density at radius 1 is 1.07 bits per heavy atom. The van der Waals surface area contributed by atoms with E-state index in [1.165, 1.54) is 38.2 Å². The number of Topliss-reactive ketones (excluding diaryl/α,β-unsaturated/α-hetero) is 1. The van der Waals surface area contributed by atoms with E-state index < -0.39 is 52.9 Å². The third kappa shape index (κ3) is 8.19.